The summed E-state index contributed by atoms with van der Waals surface area (Å²) in [5.41, 5.74) is 1.65. The Labute approximate surface area is 218 Å². The molecule has 1 fully saturated rings. The number of benzene rings is 2. The van der Waals surface area contributed by atoms with Crippen molar-refractivity contribution in [3.63, 3.8) is 0 Å². The molecule has 37 heavy (non-hydrogen) atoms. The first kappa shape index (κ1) is 26.9. The van der Waals surface area contributed by atoms with Crippen LogP contribution in [0.4, 0.5) is 4.39 Å². The number of morpholine rings is 1. The Bertz CT molecular complexity index is 1110. The van der Waals surface area contributed by atoms with E-state index in [0.29, 0.717) is 50.4 Å². The molecule has 2 aromatic carbocycles. The van der Waals surface area contributed by atoms with E-state index in [2.05, 4.69) is 10.0 Å². The zero-order chi connectivity index (χ0) is 26.4. The van der Waals surface area contributed by atoms with E-state index in [1.165, 1.54) is 11.1 Å². The lowest BCUT2D eigenvalue weighted by Crippen LogP contribution is -2.47. The van der Waals surface area contributed by atoms with E-state index in [1.54, 1.807) is 23.1 Å². The third-order valence-corrected chi connectivity index (χ3v) is 6.69. The molecule has 2 aromatic rings. The molecule has 2 aliphatic rings. The highest BCUT2D eigenvalue weighted by atomic mass is 19.1. The zero-order valence-corrected chi connectivity index (χ0v) is 22.0. The van der Waals surface area contributed by atoms with Crippen LogP contribution in [-0.2, 0) is 14.3 Å². The van der Waals surface area contributed by atoms with Gasteiger partial charge in [-0.1, -0.05) is 69.3 Å². The minimum atomic E-state index is -0.366. The Hall–Kier alpha value is -3.10. The fourth-order valence-corrected chi connectivity index (χ4v) is 4.71. The van der Waals surface area contributed by atoms with E-state index >= 15 is 0 Å². The number of ether oxygens (including phenoxy) is 1. The average molecular weight is 509 g/mol. The van der Waals surface area contributed by atoms with Gasteiger partial charge in [-0.25, -0.2) is 9.40 Å². The standard InChI is InChI=1S/C29H37FN4O3/c1-29(2,3)20-27(35)33(14-13-32-15-17-37-18-16-32)21-28(36)34-26(22-9-5-4-6-10-22)19-25(31-34)23-11-7-8-12-24(23)30/h4-12,26H,13-21H2,1-3H3/t26-/m0/s1. The summed E-state index contributed by atoms with van der Waals surface area (Å²) in [6.07, 6.45) is 0.746. The van der Waals surface area contributed by atoms with Crippen molar-refractivity contribution in [2.45, 2.75) is 39.7 Å². The molecule has 0 N–H and O–H groups in total. The van der Waals surface area contributed by atoms with Crippen LogP contribution >= 0.6 is 0 Å². The van der Waals surface area contributed by atoms with Gasteiger partial charge in [-0.05, 0) is 17.0 Å². The minimum Gasteiger partial charge on any atom is -0.379 e. The second-order valence-corrected chi connectivity index (χ2v) is 10.9. The molecule has 198 valence electrons. The topological polar surface area (TPSA) is 65.5 Å². The molecule has 7 nitrogen and oxygen atoms in total. The fourth-order valence-electron chi connectivity index (χ4n) is 4.71. The van der Waals surface area contributed by atoms with Gasteiger partial charge in [0.1, 0.15) is 12.4 Å². The molecule has 0 radical (unpaired) electrons. The maximum absolute atomic E-state index is 14.6. The van der Waals surface area contributed by atoms with Gasteiger partial charge in [0.2, 0.25) is 5.91 Å². The molecule has 0 saturated carbocycles. The highest BCUT2D eigenvalue weighted by Crippen LogP contribution is 2.33. The van der Waals surface area contributed by atoms with Crippen LogP contribution < -0.4 is 0 Å². The Morgan fingerprint density at radius 1 is 1.05 bits per heavy atom. The van der Waals surface area contributed by atoms with E-state index < -0.39 is 0 Å². The van der Waals surface area contributed by atoms with Crippen LogP contribution in [0.25, 0.3) is 0 Å². The van der Waals surface area contributed by atoms with Gasteiger partial charge in [0, 0.05) is 44.6 Å². The number of nitrogens with zero attached hydrogens (tertiary/aromatic N) is 4. The monoisotopic (exact) mass is 508 g/mol. The number of rotatable bonds is 8. The van der Waals surface area contributed by atoms with Gasteiger partial charge in [0.15, 0.2) is 0 Å². The largest absolute Gasteiger partial charge is 0.379 e. The van der Waals surface area contributed by atoms with Gasteiger partial charge < -0.3 is 9.64 Å². The number of carbonyl (C=O) groups excluding carboxylic acids is 2. The molecule has 4 rings (SSSR count). The van der Waals surface area contributed by atoms with Crippen LogP contribution in [0.3, 0.4) is 0 Å². The van der Waals surface area contributed by atoms with E-state index in [9.17, 15) is 14.0 Å². The molecule has 0 aromatic heterocycles. The van der Waals surface area contributed by atoms with E-state index in [0.717, 1.165) is 18.7 Å². The zero-order valence-electron chi connectivity index (χ0n) is 22.0. The van der Waals surface area contributed by atoms with Crippen molar-refractivity contribution < 1.29 is 18.7 Å². The van der Waals surface area contributed by atoms with Crippen molar-refractivity contribution in [1.82, 2.24) is 14.8 Å². The van der Waals surface area contributed by atoms with E-state index in [4.69, 9.17) is 4.74 Å². The van der Waals surface area contributed by atoms with E-state index in [1.807, 2.05) is 51.1 Å². The number of hydrogen-bond acceptors (Lipinski definition) is 5. The summed E-state index contributed by atoms with van der Waals surface area (Å²) < 4.78 is 20.0. The highest BCUT2D eigenvalue weighted by Gasteiger charge is 2.35. The fraction of sp³-hybridized carbons (Fsp3) is 0.483. The lowest BCUT2D eigenvalue weighted by Gasteiger charge is -2.32. The normalized spacial score (nSPS) is 18.5. The van der Waals surface area contributed by atoms with Crippen LogP contribution in [0.15, 0.2) is 59.7 Å². The van der Waals surface area contributed by atoms with Crippen LogP contribution in [-0.4, -0.2) is 78.3 Å². The van der Waals surface area contributed by atoms with Crippen LogP contribution in [0, 0.1) is 11.2 Å². The van der Waals surface area contributed by atoms with Crippen molar-refractivity contribution in [2.24, 2.45) is 10.5 Å². The van der Waals surface area contributed by atoms with Crippen LogP contribution in [0.5, 0.6) is 0 Å². The average Bonchev–Trinajstić information content (AvgIpc) is 3.32. The molecule has 0 spiro atoms. The number of carbonyl (C=O) groups is 2. The summed E-state index contributed by atoms with van der Waals surface area (Å²) in [7, 11) is 0. The second-order valence-electron chi connectivity index (χ2n) is 10.9. The lowest BCUT2D eigenvalue weighted by atomic mass is 9.91. The molecule has 8 heteroatoms. The molecule has 0 aliphatic carbocycles. The Morgan fingerprint density at radius 3 is 2.41 bits per heavy atom. The Kier molecular flexibility index (Phi) is 8.71. The first-order chi connectivity index (χ1) is 17.7. The number of hydrogen-bond donors (Lipinski definition) is 0. The van der Waals surface area contributed by atoms with Gasteiger partial charge in [-0.15, -0.1) is 0 Å². The summed E-state index contributed by atoms with van der Waals surface area (Å²) in [6.45, 7) is 10.1. The third-order valence-electron chi connectivity index (χ3n) is 6.69. The van der Waals surface area contributed by atoms with Crippen molar-refractivity contribution in [2.75, 3.05) is 45.9 Å². The quantitative estimate of drug-likeness (QED) is 0.539. The highest BCUT2D eigenvalue weighted by molar-refractivity contribution is 6.03. The number of hydrazone groups is 1. The van der Waals surface area contributed by atoms with Crippen LogP contribution in [0.1, 0.15) is 50.8 Å². The predicted molar refractivity (Wildman–Crippen MR) is 141 cm³/mol. The van der Waals surface area contributed by atoms with Crippen LogP contribution in [0.2, 0.25) is 0 Å². The summed E-state index contributed by atoms with van der Waals surface area (Å²) in [6, 6.07) is 15.8. The lowest BCUT2D eigenvalue weighted by molar-refractivity contribution is -0.142. The Morgan fingerprint density at radius 2 is 1.73 bits per heavy atom. The second kappa shape index (κ2) is 12.0. The maximum Gasteiger partial charge on any atom is 0.262 e. The first-order valence-corrected chi connectivity index (χ1v) is 13.0. The van der Waals surface area contributed by atoms with Crippen molar-refractivity contribution in [3.05, 3.63) is 71.5 Å². The van der Waals surface area contributed by atoms with Crippen molar-refractivity contribution >= 4 is 17.5 Å². The smallest absolute Gasteiger partial charge is 0.262 e. The van der Waals surface area contributed by atoms with Crippen molar-refractivity contribution in [3.8, 4) is 0 Å². The molecule has 2 amide bonds. The molecule has 0 bridgehead atoms. The first-order valence-electron chi connectivity index (χ1n) is 13.0. The van der Waals surface area contributed by atoms with Gasteiger partial charge in [0.05, 0.1) is 25.0 Å². The summed E-state index contributed by atoms with van der Waals surface area (Å²) >= 11 is 0. The summed E-state index contributed by atoms with van der Waals surface area (Å²) in [4.78, 5) is 30.9. The number of amides is 2. The maximum atomic E-state index is 14.6. The van der Waals surface area contributed by atoms with Gasteiger partial charge in [-0.3, -0.25) is 14.5 Å². The van der Waals surface area contributed by atoms with Gasteiger partial charge in [-0.2, -0.15) is 5.10 Å². The molecule has 2 aliphatic heterocycles. The number of halogens is 1. The predicted octanol–water partition coefficient (Wildman–Crippen LogP) is 4.10. The van der Waals surface area contributed by atoms with Gasteiger partial charge >= 0.3 is 0 Å². The molecular formula is C29H37FN4O3. The SMILES string of the molecule is CC(C)(C)CC(=O)N(CCN1CCOCC1)CC(=O)N1N=C(c2ccccc2F)C[C@H]1c1ccccc1. The summed E-state index contributed by atoms with van der Waals surface area (Å²) in [5, 5.41) is 6.06. The van der Waals surface area contributed by atoms with Gasteiger partial charge in [0.25, 0.3) is 5.91 Å². The Balaban J connectivity index is 1.56. The van der Waals surface area contributed by atoms with E-state index in [-0.39, 0.29) is 35.6 Å². The third kappa shape index (κ3) is 7.23. The molecular weight excluding hydrogens is 471 g/mol. The molecule has 0 unspecified atom stereocenters. The minimum absolute atomic E-state index is 0.0529. The van der Waals surface area contributed by atoms with Crippen molar-refractivity contribution in [1.29, 1.82) is 0 Å². The summed E-state index contributed by atoms with van der Waals surface area (Å²) in [5.74, 6) is -0.692. The molecule has 1 saturated heterocycles. The molecule has 1 atom stereocenters. The molecule has 2 heterocycles.